The zero-order valence-electron chi connectivity index (χ0n) is 26.0. The lowest BCUT2D eigenvalue weighted by molar-refractivity contribution is -0.144. The molecule has 230 valence electrons. The lowest BCUT2D eigenvalue weighted by Crippen LogP contribution is -2.56. The van der Waals surface area contributed by atoms with E-state index in [4.69, 9.17) is 10.5 Å². The van der Waals surface area contributed by atoms with Gasteiger partial charge in [-0.15, -0.1) is 0 Å². The number of nitrogens with one attached hydrogen (secondary N) is 2. The molecule has 5 N–H and O–H groups in total. The molecule has 0 radical (unpaired) electrons. The molecule has 0 aliphatic carbocycles. The molecule has 0 saturated heterocycles. The van der Waals surface area contributed by atoms with Crippen LogP contribution in [0.5, 0.6) is 5.75 Å². The molecule has 0 aliphatic rings. The average Bonchev–Trinajstić information content (AvgIpc) is 2.87. The fraction of sp³-hybridized carbons (Fsp3) is 0.500. The maximum atomic E-state index is 14.4. The van der Waals surface area contributed by atoms with Crippen molar-refractivity contribution < 1.29 is 29.0 Å². The first-order valence-corrected chi connectivity index (χ1v) is 14.3. The Balaban J connectivity index is 2.71. The molecular weight excluding hydrogens is 536 g/mol. The van der Waals surface area contributed by atoms with Crippen LogP contribution in [0.1, 0.15) is 83.5 Å². The molecule has 2 rings (SSSR count). The summed E-state index contributed by atoms with van der Waals surface area (Å²) in [6, 6.07) is 8.93. The van der Waals surface area contributed by atoms with Gasteiger partial charge in [-0.25, -0.2) is 4.79 Å². The van der Waals surface area contributed by atoms with Crippen molar-refractivity contribution in [3.05, 3.63) is 59.2 Å². The van der Waals surface area contributed by atoms with Gasteiger partial charge in [-0.3, -0.25) is 14.4 Å². The largest absolute Gasteiger partial charge is 0.507 e. The van der Waals surface area contributed by atoms with E-state index >= 15 is 0 Å². The highest BCUT2D eigenvalue weighted by Gasteiger charge is 2.40. The summed E-state index contributed by atoms with van der Waals surface area (Å²) >= 11 is 0. The van der Waals surface area contributed by atoms with Crippen molar-refractivity contribution in [1.29, 1.82) is 0 Å². The third-order valence-corrected chi connectivity index (χ3v) is 6.78. The maximum Gasteiger partial charge on any atom is 0.408 e. The molecule has 0 aromatic heterocycles. The number of primary amides is 1. The third kappa shape index (κ3) is 9.78. The number of nitrogens with zero attached hydrogens (tertiary/aromatic N) is 1. The lowest BCUT2D eigenvalue weighted by Gasteiger charge is -2.39. The second-order valence-electron chi connectivity index (χ2n) is 12.2. The van der Waals surface area contributed by atoms with Gasteiger partial charge < -0.3 is 31.1 Å². The summed E-state index contributed by atoms with van der Waals surface area (Å²) < 4.78 is 5.35. The molecule has 0 heterocycles. The predicted octanol–water partition coefficient (Wildman–Crippen LogP) is 5.11. The Labute approximate surface area is 249 Å². The van der Waals surface area contributed by atoms with Gasteiger partial charge in [0, 0.05) is 17.3 Å². The van der Waals surface area contributed by atoms with Gasteiger partial charge in [-0.05, 0) is 77.5 Å². The van der Waals surface area contributed by atoms with Crippen LogP contribution < -0.4 is 16.4 Å². The fourth-order valence-corrected chi connectivity index (χ4v) is 4.58. The van der Waals surface area contributed by atoms with Crippen molar-refractivity contribution in [1.82, 2.24) is 10.2 Å². The number of anilines is 1. The van der Waals surface area contributed by atoms with Crippen LogP contribution in [0, 0.1) is 19.8 Å². The number of hydrogen-bond donors (Lipinski definition) is 4. The Morgan fingerprint density at radius 3 is 2.14 bits per heavy atom. The van der Waals surface area contributed by atoms with E-state index in [1.54, 1.807) is 65.0 Å². The number of phenolic OH excluding ortho intramolecular Hbond substituents is 1. The number of aryl methyl sites for hydroxylation is 2. The summed E-state index contributed by atoms with van der Waals surface area (Å²) in [5.74, 6) is -1.93. The smallest absolute Gasteiger partial charge is 0.408 e. The number of rotatable bonds is 12. The van der Waals surface area contributed by atoms with E-state index in [0.29, 0.717) is 23.6 Å². The van der Waals surface area contributed by atoms with Gasteiger partial charge in [0.05, 0.1) is 6.42 Å². The summed E-state index contributed by atoms with van der Waals surface area (Å²) in [5, 5.41) is 16.5. The SMILES string of the molecule is Cc1ccccc1NC(=O)C(c1cccc(C)c1O)N(C(=O)C(CC(N)=O)NC(=O)OC(C)(C)C)C(C)CCC(C)C. The van der Waals surface area contributed by atoms with Crippen molar-refractivity contribution in [2.24, 2.45) is 11.7 Å². The lowest BCUT2D eigenvalue weighted by atomic mass is 9.95. The molecular formula is C32H46N4O6. The van der Waals surface area contributed by atoms with E-state index < -0.39 is 54.0 Å². The monoisotopic (exact) mass is 582 g/mol. The number of aromatic hydroxyl groups is 1. The van der Waals surface area contributed by atoms with Crippen molar-refractivity contribution in [2.45, 2.75) is 98.4 Å². The van der Waals surface area contributed by atoms with Crippen molar-refractivity contribution >= 4 is 29.5 Å². The van der Waals surface area contributed by atoms with Crippen molar-refractivity contribution in [3.8, 4) is 5.75 Å². The maximum absolute atomic E-state index is 14.4. The van der Waals surface area contributed by atoms with Crippen LogP contribution in [0.4, 0.5) is 10.5 Å². The minimum Gasteiger partial charge on any atom is -0.507 e. The van der Waals surface area contributed by atoms with E-state index in [2.05, 4.69) is 10.6 Å². The van der Waals surface area contributed by atoms with Crippen LogP contribution in [0.2, 0.25) is 0 Å². The second-order valence-corrected chi connectivity index (χ2v) is 12.2. The minimum absolute atomic E-state index is 0.136. The second kappa shape index (κ2) is 14.7. The van der Waals surface area contributed by atoms with Crippen LogP contribution >= 0.6 is 0 Å². The number of hydrogen-bond acceptors (Lipinski definition) is 6. The summed E-state index contributed by atoms with van der Waals surface area (Å²) in [7, 11) is 0. The number of ether oxygens (including phenoxy) is 1. The van der Waals surface area contributed by atoms with Crippen LogP contribution in [0.3, 0.4) is 0 Å². The van der Waals surface area contributed by atoms with Crippen molar-refractivity contribution in [3.63, 3.8) is 0 Å². The highest BCUT2D eigenvalue weighted by atomic mass is 16.6. The molecule has 0 fully saturated rings. The standard InChI is InChI=1S/C32H46N4O6/c1-19(2)16-17-22(5)36(30(40)25(18-26(33)37)35-31(41)42-32(6,7)8)27(23-14-11-13-21(4)28(23)38)29(39)34-24-15-10-9-12-20(24)3/h9-15,19,22,25,27,38H,16-18H2,1-8H3,(H2,33,37)(H,34,39)(H,35,41). The summed E-state index contributed by atoms with van der Waals surface area (Å²) in [4.78, 5) is 54.7. The molecule has 10 nitrogen and oxygen atoms in total. The number of para-hydroxylation sites is 2. The number of alkyl carbamates (subject to hydrolysis) is 1. The molecule has 2 aromatic rings. The molecule has 0 bridgehead atoms. The Morgan fingerprint density at radius 1 is 0.952 bits per heavy atom. The number of amides is 4. The van der Waals surface area contributed by atoms with E-state index in [1.807, 2.05) is 32.9 Å². The molecule has 3 atom stereocenters. The van der Waals surface area contributed by atoms with Gasteiger partial charge >= 0.3 is 6.09 Å². The molecule has 4 amide bonds. The van der Waals surface area contributed by atoms with E-state index in [0.717, 1.165) is 12.0 Å². The first kappa shape index (κ1) is 34.1. The molecule has 0 saturated carbocycles. The molecule has 2 aromatic carbocycles. The van der Waals surface area contributed by atoms with Gasteiger partial charge in [-0.2, -0.15) is 0 Å². The number of benzene rings is 2. The molecule has 42 heavy (non-hydrogen) atoms. The summed E-state index contributed by atoms with van der Waals surface area (Å²) in [6.07, 6.45) is -0.176. The normalized spacial score (nSPS) is 13.5. The van der Waals surface area contributed by atoms with E-state index in [9.17, 15) is 24.3 Å². The van der Waals surface area contributed by atoms with Gasteiger partial charge in [-0.1, -0.05) is 50.2 Å². The fourth-order valence-electron chi connectivity index (χ4n) is 4.58. The Morgan fingerprint density at radius 2 is 1.57 bits per heavy atom. The zero-order chi connectivity index (χ0) is 31.8. The van der Waals surface area contributed by atoms with Gasteiger partial charge in [0.1, 0.15) is 23.4 Å². The number of carbonyl (C=O) groups is 4. The van der Waals surface area contributed by atoms with Crippen LogP contribution in [-0.2, 0) is 19.1 Å². The van der Waals surface area contributed by atoms with Crippen LogP contribution in [-0.4, -0.2) is 51.5 Å². The van der Waals surface area contributed by atoms with Gasteiger partial charge in [0.25, 0.3) is 5.91 Å². The highest BCUT2D eigenvalue weighted by Crippen LogP contribution is 2.35. The number of phenols is 1. The molecule has 3 unspecified atom stereocenters. The Bertz CT molecular complexity index is 1270. The molecule has 10 heteroatoms. The first-order chi connectivity index (χ1) is 19.5. The van der Waals surface area contributed by atoms with Gasteiger partial charge in [0.2, 0.25) is 11.8 Å². The highest BCUT2D eigenvalue weighted by molar-refractivity contribution is 6.00. The van der Waals surface area contributed by atoms with E-state index in [1.165, 1.54) is 4.90 Å². The number of nitrogens with two attached hydrogens (primary N) is 1. The zero-order valence-corrected chi connectivity index (χ0v) is 26.0. The molecule has 0 spiro atoms. The quantitative estimate of drug-likeness (QED) is 0.273. The summed E-state index contributed by atoms with van der Waals surface area (Å²) in [5.41, 5.74) is 6.71. The van der Waals surface area contributed by atoms with Crippen molar-refractivity contribution in [2.75, 3.05) is 5.32 Å². The topological polar surface area (TPSA) is 151 Å². The third-order valence-electron chi connectivity index (χ3n) is 6.78. The Hall–Kier alpha value is -4.08. The Kier molecular flexibility index (Phi) is 11.9. The average molecular weight is 583 g/mol. The molecule has 0 aliphatic heterocycles. The number of carbonyl (C=O) groups excluding carboxylic acids is 4. The predicted molar refractivity (Wildman–Crippen MR) is 163 cm³/mol. The first-order valence-electron chi connectivity index (χ1n) is 14.3. The van der Waals surface area contributed by atoms with Crippen LogP contribution in [0.25, 0.3) is 0 Å². The summed E-state index contributed by atoms with van der Waals surface area (Å²) in [6.45, 7) is 14.5. The van der Waals surface area contributed by atoms with Gasteiger partial charge in [0.15, 0.2) is 0 Å². The van der Waals surface area contributed by atoms with E-state index in [-0.39, 0.29) is 11.3 Å². The van der Waals surface area contributed by atoms with Crippen LogP contribution in [0.15, 0.2) is 42.5 Å². The minimum atomic E-state index is -1.42.